The largest absolute Gasteiger partial charge is 0.349 e. The van der Waals surface area contributed by atoms with E-state index >= 15 is 0 Å². The van der Waals surface area contributed by atoms with Crippen LogP contribution in [0.25, 0.3) is 11.1 Å². The highest BCUT2D eigenvalue weighted by Crippen LogP contribution is 2.29. The molecule has 0 radical (unpaired) electrons. The SMILES string of the molecule is S=C1Cc2ccc(-c3ccccc3)cc2N1. The van der Waals surface area contributed by atoms with E-state index in [0.29, 0.717) is 0 Å². The van der Waals surface area contributed by atoms with Gasteiger partial charge in [-0.25, -0.2) is 0 Å². The van der Waals surface area contributed by atoms with E-state index in [1.54, 1.807) is 0 Å². The second-order valence-corrected chi connectivity index (χ2v) is 4.46. The smallest absolute Gasteiger partial charge is 0.0842 e. The van der Waals surface area contributed by atoms with Crippen LogP contribution in [0.5, 0.6) is 0 Å². The molecular weight excluding hydrogens is 214 g/mol. The van der Waals surface area contributed by atoms with E-state index in [4.69, 9.17) is 12.2 Å². The van der Waals surface area contributed by atoms with Crippen molar-refractivity contribution in [2.75, 3.05) is 5.32 Å². The average Bonchev–Trinajstić information content (AvgIpc) is 2.69. The van der Waals surface area contributed by atoms with Gasteiger partial charge in [0, 0.05) is 12.1 Å². The van der Waals surface area contributed by atoms with E-state index in [-0.39, 0.29) is 0 Å². The third kappa shape index (κ3) is 1.61. The molecule has 1 aliphatic heterocycles. The third-order valence-corrected chi connectivity index (χ3v) is 3.09. The molecule has 2 aromatic carbocycles. The molecule has 0 unspecified atom stereocenters. The quantitative estimate of drug-likeness (QED) is 0.743. The van der Waals surface area contributed by atoms with Crippen LogP contribution in [-0.2, 0) is 6.42 Å². The normalized spacial score (nSPS) is 13.4. The highest BCUT2D eigenvalue weighted by atomic mass is 32.1. The minimum absolute atomic E-state index is 0.875. The zero-order valence-corrected chi connectivity index (χ0v) is 9.55. The highest BCUT2D eigenvalue weighted by molar-refractivity contribution is 7.80. The van der Waals surface area contributed by atoms with Crippen molar-refractivity contribution in [2.24, 2.45) is 0 Å². The second kappa shape index (κ2) is 3.72. The Hall–Kier alpha value is -1.67. The lowest BCUT2D eigenvalue weighted by atomic mass is 10.0. The number of fused-ring (bicyclic) bond motifs is 1. The molecule has 1 heterocycles. The highest BCUT2D eigenvalue weighted by Gasteiger charge is 2.14. The molecule has 0 aliphatic carbocycles. The maximum absolute atomic E-state index is 5.17. The Morgan fingerprint density at radius 3 is 2.56 bits per heavy atom. The van der Waals surface area contributed by atoms with Crippen LogP contribution >= 0.6 is 12.2 Å². The van der Waals surface area contributed by atoms with Crippen LogP contribution in [0.4, 0.5) is 5.69 Å². The molecule has 0 atom stereocenters. The molecule has 0 spiro atoms. The maximum atomic E-state index is 5.17. The molecule has 1 nitrogen and oxygen atoms in total. The molecule has 2 heteroatoms. The van der Waals surface area contributed by atoms with Gasteiger partial charge in [-0.15, -0.1) is 0 Å². The summed E-state index contributed by atoms with van der Waals surface area (Å²) in [6.07, 6.45) is 0.875. The number of thiocarbonyl (C=S) groups is 1. The van der Waals surface area contributed by atoms with Crippen molar-refractivity contribution in [3.8, 4) is 11.1 Å². The first kappa shape index (κ1) is 9.55. The Balaban J connectivity index is 2.06. The van der Waals surface area contributed by atoms with Crippen LogP contribution < -0.4 is 5.32 Å². The van der Waals surface area contributed by atoms with Crippen molar-refractivity contribution >= 4 is 22.9 Å². The summed E-state index contributed by atoms with van der Waals surface area (Å²) in [5.74, 6) is 0. The molecular formula is C14H11NS. The number of hydrogen-bond donors (Lipinski definition) is 1. The van der Waals surface area contributed by atoms with E-state index in [2.05, 4.69) is 47.8 Å². The molecule has 16 heavy (non-hydrogen) atoms. The number of anilines is 1. The molecule has 0 saturated heterocycles. The molecule has 0 bridgehead atoms. The van der Waals surface area contributed by atoms with E-state index in [0.717, 1.165) is 17.1 Å². The Labute approximate surface area is 100 Å². The third-order valence-electron chi connectivity index (χ3n) is 2.84. The van der Waals surface area contributed by atoms with Crippen LogP contribution in [0.15, 0.2) is 48.5 Å². The van der Waals surface area contributed by atoms with Crippen LogP contribution in [0, 0.1) is 0 Å². The Morgan fingerprint density at radius 1 is 0.938 bits per heavy atom. The number of hydrogen-bond acceptors (Lipinski definition) is 1. The summed E-state index contributed by atoms with van der Waals surface area (Å²) in [5, 5.41) is 3.24. The lowest BCUT2D eigenvalue weighted by molar-refractivity contribution is 1.42. The second-order valence-electron chi connectivity index (χ2n) is 3.96. The van der Waals surface area contributed by atoms with Gasteiger partial charge in [0.15, 0.2) is 0 Å². The van der Waals surface area contributed by atoms with Gasteiger partial charge >= 0.3 is 0 Å². The topological polar surface area (TPSA) is 12.0 Å². The van der Waals surface area contributed by atoms with Gasteiger partial charge in [-0.3, -0.25) is 0 Å². The predicted octanol–water partition coefficient (Wildman–Crippen LogP) is 3.65. The fraction of sp³-hybridized carbons (Fsp3) is 0.0714. The number of nitrogens with one attached hydrogen (secondary N) is 1. The van der Waals surface area contributed by atoms with Crippen molar-refractivity contribution in [3.63, 3.8) is 0 Å². The molecule has 78 valence electrons. The molecule has 1 aliphatic rings. The zero-order chi connectivity index (χ0) is 11.0. The van der Waals surface area contributed by atoms with Gasteiger partial charge in [0.1, 0.15) is 0 Å². The summed E-state index contributed by atoms with van der Waals surface area (Å²) in [6, 6.07) is 16.9. The number of benzene rings is 2. The molecule has 1 N–H and O–H groups in total. The molecule has 3 rings (SSSR count). The van der Waals surface area contributed by atoms with E-state index in [1.807, 2.05) is 6.07 Å². The minimum Gasteiger partial charge on any atom is -0.349 e. The van der Waals surface area contributed by atoms with Gasteiger partial charge in [0.2, 0.25) is 0 Å². The summed E-state index contributed by atoms with van der Waals surface area (Å²) in [4.78, 5) is 0.917. The number of rotatable bonds is 1. The van der Waals surface area contributed by atoms with Crippen molar-refractivity contribution < 1.29 is 0 Å². The first-order chi connectivity index (χ1) is 7.83. The van der Waals surface area contributed by atoms with Gasteiger partial charge < -0.3 is 5.32 Å². The zero-order valence-electron chi connectivity index (χ0n) is 8.73. The Bertz CT molecular complexity index is 546. The summed E-state index contributed by atoms with van der Waals surface area (Å²) in [7, 11) is 0. The van der Waals surface area contributed by atoms with Crippen LogP contribution in [0.2, 0.25) is 0 Å². The first-order valence-electron chi connectivity index (χ1n) is 5.31. The maximum Gasteiger partial charge on any atom is 0.0842 e. The van der Waals surface area contributed by atoms with Crippen LogP contribution in [-0.4, -0.2) is 4.99 Å². The Morgan fingerprint density at radius 2 is 1.75 bits per heavy atom. The molecule has 0 amide bonds. The van der Waals surface area contributed by atoms with Crippen molar-refractivity contribution in [3.05, 3.63) is 54.1 Å². The fourth-order valence-electron chi connectivity index (χ4n) is 2.02. The molecule has 0 fully saturated rings. The standard InChI is InChI=1S/C14H11NS/c16-14-9-12-7-6-11(8-13(12)15-14)10-4-2-1-3-5-10/h1-8H,9H2,(H,15,16). The van der Waals surface area contributed by atoms with Gasteiger partial charge in [0.05, 0.1) is 4.99 Å². The van der Waals surface area contributed by atoms with Crippen LogP contribution in [0.1, 0.15) is 5.56 Å². The minimum atomic E-state index is 0.875. The summed E-state index contributed by atoms with van der Waals surface area (Å²) >= 11 is 5.17. The van der Waals surface area contributed by atoms with E-state index in [1.165, 1.54) is 16.7 Å². The average molecular weight is 225 g/mol. The van der Waals surface area contributed by atoms with E-state index < -0.39 is 0 Å². The van der Waals surface area contributed by atoms with Crippen molar-refractivity contribution in [1.82, 2.24) is 0 Å². The molecule has 0 aromatic heterocycles. The van der Waals surface area contributed by atoms with Gasteiger partial charge in [-0.1, -0.05) is 54.7 Å². The summed E-state index contributed by atoms with van der Waals surface area (Å²) in [5.41, 5.74) is 4.93. The Kier molecular flexibility index (Phi) is 2.22. The van der Waals surface area contributed by atoms with Crippen LogP contribution in [0.3, 0.4) is 0 Å². The molecule has 0 saturated carbocycles. The molecule has 2 aromatic rings. The van der Waals surface area contributed by atoms with E-state index in [9.17, 15) is 0 Å². The predicted molar refractivity (Wildman–Crippen MR) is 71.8 cm³/mol. The monoisotopic (exact) mass is 225 g/mol. The van der Waals surface area contributed by atoms with Gasteiger partial charge in [-0.2, -0.15) is 0 Å². The lowest BCUT2D eigenvalue weighted by Crippen LogP contribution is -2.00. The van der Waals surface area contributed by atoms with Crippen molar-refractivity contribution in [2.45, 2.75) is 6.42 Å². The summed E-state index contributed by atoms with van der Waals surface area (Å²) < 4.78 is 0. The van der Waals surface area contributed by atoms with Gasteiger partial charge in [-0.05, 0) is 22.8 Å². The fourth-order valence-corrected chi connectivity index (χ4v) is 2.29. The first-order valence-corrected chi connectivity index (χ1v) is 5.72. The summed E-state index contributed by atoms with van der Waals surface area (Å²) in [6.45, 7) is 0. The van der Waals surface area contributed by atoms with Gasteiger partial charge in [0.25, 0.3) is 0 Å². The van der Waals surface area contributed by atoms with Crippen molar-refractivity contribution in [1.29, 1.82) is 0 Å². The lowest BCUT2D eigenvalue weighted by Gasteiger charge is -2.04.